The van der Waals surface area contributed by atoms with Gasteiger partial charge in [0.25, 0.3) is 0 Å². The highest BCUT2D eigenvalue weighted by Gasteiger charge is 2.22. The maximum Gasteiger partial charge on any atom is 0.409 e. The first kappa shape index (κ1) is 13.8. The molecule has 1 amide bonds. The van der Waals surface area contributed by atoms with E-state index in [4.69, 9.17) is 4.74 Å². The van der Waals surface area contributed by atoms with Crippen LogP contribution in [0.25, 0.3) is 0 Å². The van der Waals surface area contributed by atoms with Crippen LogP contribution in [0.2, 0.25) is 0 Å². The molecule has 2 rings (SSSR count). The summed E-state index contributed by atoms with van der Waals surface area (Å²) < 4.78 is 31.2. The molecule has 7 heteroatoms. The van der Waals surface area contributed by atoms with E-state index in [1.165, 1.54) is 4.90 Å². The van der Waals surface area contributed by atoms with E-state index in [2.05, 4.69) is 4.72 Å². The van der Waals surface area contributed by atoms with Crippen molar-refractivity contribution in [3.8, 4) is 0 Å². The Morgan fingerprint density at radius 2 is 2.21 bits per heavy atom. The van der Waals surface area contributed by atoms with E-state index in [-0.39, 0.29) is 11.4 Å². The number of aryl methyl sites for hydroxylation is 1. The summed E-state index contributed by atoms with van der Waals surface area (Å²) in [5.74, 6) is 0. The van der Waals surface area contributed by atoms with Crippen molar-refractivity contribution in [2.45, 2.75) is 11.8 Å². The van der Waals surface area contributed by atoms with Gasteiger partial charge in [-0.15, -0.1) is 0 Å². The van der Waals surface area contributed by atoms with Crippen LogP contribution in [-0.4, -0.2) is 45.7 Å². The second kappa shape index (κ2) is 5.58. The second-order valence-corrected chi connectivity index (χ2v) is 6.08. The van der Waals surface area contributed by atoms with Crippen LogP contribution in [0.3, 0.4) is 0 Å². The summed E-state index contributed by atoms with van der Waals surface area (Å²) in [5.41, 5.74) is 0.881. The van der Waals surface area contributed by atoms with Crippen LogP contribution in [0.1, 0.15) is 5.56 Å². The van der Waals surface area contributed by atoms with Gasteiger partial charge in [-0.25, -0.2) is 17.9 Å². The van der Waals surface area contributed by atoms with Gasteiger partial charge in [0.1, 0.15) is 6.61 Å². The summed E-state index contributed by atoms with van der Waals surface area (Å²) in [6, 6.07) is 6.67. The molecule has 1 aliphatic heterocycles. The highest BCUT2D eigenvalue weighted by Crippen LogP contribution is 2.10. The van der Waals surface area contributed by atoms with Gasteiger partial charge < -0.3 is 9.64 Å². The van der Waals surface area contributed by atoms with Crippen LogP contribution in [0.4, 0.5) is 4.79 Å². The maximum absolute atomic E-state index is 12.0. The van der Waals surface area contributed by atoms with Crippen LogP contribution >= 0.6 is 0 Å². The van der Waals surface area contributed by atoms with Crippen molar-refractivity contribution in [2.75, 3.05) is 26.2 Å². The molecule has 0 unspecified atom stereocenters. The fourth-order valence-electron chi connectivity index (χ4n) is 1.81. The van der Waals surface area contributed by atoms with Gasteiger partial charge in [-0.3, -0.25) is 0 Å². The number of carbonyl (C=O) groups excluding carboxylic acids is 1. The molecule has 1 aromatic carbocycles. The van der Waals surface area contributed by atoms with Crippen molar-refractivity contribution in [3.63, 3.8) is 0 Å². The third kappa shape index (κ3) is 3.45. The smallest absolute Gasteiger partial charge is 0.409 e. The summed E-state index contributed by atoms with van der Waals surface area (Å²) in [7, 11) is -3.52. The van der Waals surface area contributed by atoms with Gasteiger partial charge in [0.15, 0.2) is 0 Å². The van der Waals surface area contributed by atoms with Crippen LogP contribution in [-0.2, 0) is 14.8 Å². The molecule has 1 fully saturated rings. The molecule has 0 saturated carbocycles. The Hall–Kier alpha value is -1.60. The molecule has 1 N–H and O–H groups in total. The van der Waals surface area contributed by atoms with Crippen molar-refractivity contribution in [3.05, 3.63) is 29.8 Å². The Balaban J connectivity index is 1.93. The monoisotopic (exact) mass is 284 g/mol. The average molecular weight is 284 g/mol. The molecule has 0 radical (unpaired) electrons. The molecular weight excluding hydrogens is 268 g/mol. The lowest BCUT2D eigenvalue weighted by molar-refractivity contribution is 0.159. The molecule has 0 atom stereocenters. The third-order valence-electron chi connectivity index (χ3n) is 2.82. The van der Waals surface area contributed by atoms with Gasteiger partial charge in [-0.1, -0.05) is 12.1 Å². The predicted molar refractivity (Wildman–Crippen MR) is 69.3 cm³/mol. The van der Waals surface area contributed by atoms with Crippen LogP contribution in [0.15, 0.2) is 29.2 Å². The van der Waals surface area contributed by atoms with Crippen LogP contribution in [0.5, 0.6) is 0 Å². The van der Waals surface area contributed by atoms with E-state index >= 15 is 0 Å². The molecule has 0 bridgehead atoms. The number of cyclic esters (lactones) is 1. The van der Waals surface area contributed by atoms with E-state index in [0.29, 0.717) is 19.7 Å². The first-order valence-corrected chi connectivity index (χ1v) is 7.45. The highest BCUT2D eigenvalue weighted by molar-refractivity contribution is 7.89. The Bertz CT molecular complexity index is 571. The Labute approximate surface area is 112 Å². The minimum atomic E-state index is -3.52. The SMILES string of the molecule is Cc1cccc(S(=O)(=O)NCCN2CCOC2=O)c1. The molecule has 19 heavy (non-hydrogen) atoms. The molecular formula is C12H16N2O4S. The van der Waals surface area contributed by atoms with Gasteiger partial charge in [0.05, 0.1) is 11.4 Å². The van der Waals surface area contributed by atoms with Crippen molar-refractivity contribution < 1.29 is 17.9 Å². The summed E-state index contributed by atoms with van der Waals surface area (Å²) in [6.07, 6.45) is -0.394. The molecule has 1 aromatic rings. The number of ether oxygens (including phenoxy) is 1. The summed E-state index contributed by atoms with van der Waals surface area (Å²) in [5, 5.41) is 0. The van der Waals surface area contributed by atoms with E-state index in [0.717, 1.165) is 5.56 Å². The molecule has 0 aliphatic carbocycles. The van der Waals surface area contributed by atoms with Gasteiger partial charge in [0, 0.05) is 13.1 Å². The van der Waals surface area contributed by atoms with E-state index < -0.39 is 16.1 Å². The standard InChI is InChI=1S/C12H16N2O4S/c1-10-3-2-4-11(9-10)19(16,17)13-5-6-14-7-8-18-12(14)15/h2-4,9,13H,5-8H2,1H3. The minimum absolute atomic E-state index is 0.172. The van der Waals surface area contributed by atoms with Gasteiger partial charge >= 0.3 is 6.09 Å². The van der Waals surface area contributed by atoms with E-state index in [9.17, 15) is 13.2 Å². The summed E-state index contributed by atoms with van der Waals surface area (Å²) in [4.78, 5) is 12.9. The zero-order valence-corrected chi connectivity index (χ0v) is 11.4. The maximum atomic E-state index is 12.0. The number of amides is 1. The number of carbonyl (C=O) groups is 1. The summed E-state index contributed by atoms with van der Waals surface area (Å²) in [6.45, 7) is 3.18. The average Bonchev–Trinajstić information content (AvgIpc) is 2.75. The number of nitrogens with zero attached hydrogens (tertiary/aromatic N) is 1. The molecule has 0 aromatic heterocycles. The first-order chi connectivity index (χ1) is 8.99. The van der Waals surface area contributed by atoms with Crippen molar-refractivity contribution in [1.82, 2.24) is 9.62 Å². The fraction of sp³-hybridized carbons (Fsp3) is 0.417. The van der Waals surface area contributed by atoms with E-state index in [1.54, 1.807) is 18.2 Å². The molecule has 104 valence electrons. The van der Waals surface area contributed by atoms with Crippen molar-refractivity contribution in [1.29, 1.82) is 0 Å². The number of hydrogen-bond acceptors (Lipinski definition) is 4. The fourth-order valence-corrected chi connectivity index (χ4v) is 2.94. The molecule has 1 aliphatic rings. The first-order valence-electron chi connectivity index (χ1n) is 5.97. The van der Waals surface area contributed by atoms with Gasteiger partial charge in [0.2, 0.25) is 10.0 Å². The zero-order chi connectivity index (χ0) is 13.9. The largest absolute Gasteiger partial charge is 0.448 e. The highest BCUT2D eigenvalue weighted by atomic mass is 32.2. The zero-order valence-electron chi connectivity index (χ0n) is 10.6. The lowest BCUT2D eigenvalue weighted by Crippen LogP contribution is -2.35. The summed E-state index contributed by atoms with van der Waals surface area (Å²) >= 11 is 0. The van der Waals surface area contributed by atoms with Crippen LogP contribution < -0.4 is 4.72 Å². The lowest BCUT2D eigenvalue weighted by atomic mass is 10.2. The normalized spacial score (nSPS) is 15.6. The Morgan fingerprint density at radius 3 is 2.84 bits per heavy atom. The Kier molecular flexibility index (Phi) is 4.06. The Morgan fingerprint density at radius 1 is 1.42 bits per heavy atom. The number of benzene rings is 1. The van der Waals surface area contributed by atoms with Gasteiger partial charge in [-0.05, 0) is 24.6 Å². The lowest BCUT2D eigenvalue weighted by Gasteiger charge is -2.13. The minimum Gasteiger partial charge on any atom is -0.448 e. The van der Waals surface area contributed by atoms with Gasteiger partial charge in [-0.2, -0.15) is 0 Å². The van der Waals surface area contributed by atoms with Crippen LogP contribution in [0, 0.1) is 6.92 Å². The molecule has 1 heterocycles. The number of nitrogens with one attached hydrogen (secondary N) is 1. The molecule has 6 nitrogen and oxygen atoms in total. The van der Waals surface area contributed by atoms with Crippen molar-refractivity contribution >= 4 is 16.1 Å². The quantitative estimate of drug-likeness (QED) is 0.864. The number of hydrogen-bond donors (Lipinski definition) is 1. The third-order valence-corrected chi connectivity index (χ3v) is 4.28. The number of rotatable bonds is 5. The number of sulfonamides is 1. The second-order valence-electron chi connectivity index (χ2n) is 4.32. The molecule has 0 spiro atoms. The van der Waals surface area contributed by atoms with Crippen molar-refractivity contribution in [2.24, 2.45) is 0 Å². The molecule has 1 saturated heterocycles. The topological polar surface area (TPSA) is 75.7 Å². The predicted octanol–water partition coefficient (Wildman–Crippen LogP) is 0.726. The van der Waals surface area contributed by atoms with E-state index in [1.807, 2.05) is 13.0 Å².